The van der Waals surface area contributed by atoms with E-state index < -0.39 is 0 Å². The van der Waals surface area contributed by atoms with Crippen LogP contribution in [0.4, 0.5) is 0 Å². The second-order valence-electron chi connectivity index (χ2n) is 6.68. The summed E-state index contributed by atoms with van der Waals surface area (Å²) in [5, 5.41) is 3.11. The van der Waals surface area contributed by atoms with Crippen molar-refractivity contribution in [2.24, 2.45) is 0 Å². The number of amides is 1. The van der Waals surface area contributed by atoms with Crippen LogP contribution in [0.25, 0.3) is 0 Å². The van der Waals surface area contributed by atoms with E-state index in [4.69, 9.17) is 4.42 Å². The van der Waals surface area contributed by atoms with Crippen LogP contribution in [0.2, 0.25) is 0 Å². The van der Waals surface area contributed by atoms with Crippen LogP contribution in [-0.2, 0) is 6.54 Å². The fraction of sp³-hybridized carbons (Fsp3) is 0.318. The molecule has 0 aliphatic rings. The van der Waals surface area contributed by atoms with Crippen LogP contribution >= 0.6 is 0 Å². The third-order valence-corrected chi connectivity index (χ3v) is 4.99. The van der Waals surface area contributed by atoms with Gasteiger partial charge in [0.05, 0.1) is 18.4 Å². The highest BCUT2D eigenvalue weighted by Gasteiger charge is 2.18. The number of benzene rings is 1. The van der Waals surface area contributed by atoms with Gasteiger partial charge < -0.3 is 14.3 Å². The van der Waals surface area contributed by atoms with E-state index in [2.05, 4.69) is 28.9 Å². The first-order valence-electron chi connectivity index (χ1n) is 9.12. The van der Waals surface area contributed by atoms with Crippen molar-refractivity contribution in [3.05, 3.63) is 83.1 Å². The Balaban J connectivity index is 1.70. The number of furan rings is 1. The minimum Gasteiger partial charge on any atom is -0.467 e. The molecule has 0 spiro atoms. The van der Waals surface area contributed by atoms with Crippen LogP contribution in [0.3, 0.4) is 0 Å². The molecule has 0 saturated heterocycles. The van der Waals surface area contributed by atoms with Gasteiger partial charge >= 0.3 is 0 Å². The van der Waals surface area contributed by atoms with Gasteiger partial charge in [0, 0.05) is 23.9 Å². The Bertz CT molecular complexity index is 848. The molecule has 3 aromatic rings. The Labute approximate surface area is 154 Å². The van der Waals surface area contributed by atoms with E-state index in [0.717, 1.165) is 29.1 Å². The van der Waals surface area contributed by atoms with Crippen molar-refractivity contribution in [2.45, 2.75) is 39.7 Å². The summed E-state index contributed by atoms with van der Waals surface area (Å²) < 4.78 is 7.55. The highest BCUT2D eigenvalue weighted by Crippen LogP contribution is 2.20. The second-order valence-corrected chi connectivity index (χ2v) is 6.68. The van der Waals surface area contributed by atoms with Gasteiger partial charge in [-0.3, -0.25) is 4.79 Å². The zero-order valence-corrected chi connectivity index (χ0v) is 15.7. The summed E-state index contributed by atoms with van der Waals surface area (Å²) in [4.78, 5) is 12.7. The lowest BCUT2D eigenvalue weighted by molar-refractivity contribution is 0.0950. The average Bonchev–Trinajstić information content (AvgIpc) is 3.27. The summed E-state index contributed by atoms with van der Waals surface area (Å²) in [6, 6.07) is 16.1. The van der Waals surface area contributed by atoms with Gasteiger partial charge in [-0.05, 0) is 44.0 Å². The molecule has 0 fully saturated rings. The molecule has 0 saturated carbocycles. The van der Waals surface area contributed by atoms with Crippen molar-refractivity contribution in [1.29, 1.82) is 0 Å². The van der Waals surface area contributed by atoms with Gasteiger partial charge in [0.2, 0.25) is 0 Å². The molecule has 0 bridgehead atoms. The van der Waals surface area contributed by atoms with Crippen LogP contribution in [0.5, 0.6) is 0 Å². The fourth-order valence-electron chi connectivity index (χ4n) is 3.37. The van der Waals surface area contributed by atoms with Crippen LogP contribution < -0.4 is 5.32 Å². The van der Waals surface area contributed by atoms with Gasteiger partial charge in [0.15, 0.2) is 0 Å². The molecule has 0 aliphatic heterocycles. The Kier molecular flexibility index (Phi) is 5.61. The van der Waals surface area contributed by atoms with Crippen LogP contribution in [0, 0.1) is 13.8 Å². The standard InChI is InChI=1S/C22H26N2O2/c1-4-18(19-9-6-5-7-10-19)14-23-22(25)21-13-16(2)24(17(21)3)15-20-11-8-12-26-20/h5-13,18H,4,14-15H2,1-3H3,(H,23,25). The predicted octanol–water partition coefficient (Wildman–Crippen LogP) is 4.67. The molecular formula is C22H26N2O2. The van der Waals surface area contributed by atoms with Gasteiger partial charge in [-0.2, -0.15) is 0 Å². The minimum atomic E-state index is -0.0156. The van der Waals surface area contributed by atoms with E-state index in [-0.39, 0.29) is 5.91 Å². The van der Waals surface area contributed by atoms with Gasteiger partial charge in [-0.1, -0.05) is 37.3 Å². The Morgan fingerprint density at radius 3 is 2.58 bits per heavy atom. The molecule has 0 aliphatic carbocycles. The summed E-state index contributed by atoms with van der Waals surface area (Å²) in [6.45, 7) is 7.44. The van der Waals surface area contributed by atoms with Crippen LogP contribution in [0.15, 0.2) is 59.2 Å². The third kappa shape index (κ3) is 3.90. The molecule has 1 aromatic carbocycles. The maximum Gasteiger partial charge on any atom is 0.253 e. The maximum absolute atomic E-state index is 12.7. The maximum atomic E-state index is 12.7. The lowest BCUT2D eigenvalue weighted by Gasteiger charge is -2.16. The fourth-order valence-corrected chi connectivity index (χ4v) is 3.37. The summed E-state index contributed by atoms with van der Waals surface area (Å²) in [7, 11) is 0. The van der Waals surface area contributed by atoms with E-state index in [0.29, 0.717) is 19.0 Å². The van der Waals surface area contributed by atoms with Gasteiger partial charge in [-0.15, -0.1) is 0 Å². The number of nitrogens with zero attached hydrogens (tertiary/aromatic N) is 1. The zero-order valence-electron chi connectivity index (χ0n) is 15.7. The van der Waals surface area contributed by atoms with Crippen molar-refractivity contribution in [3.8, 4) is 0 Å². The highest BCUT2D eigenvalue weighted by atomic mass is 16.3. The lowest BCUT2D eigenvalue weighted by atomic mass is 9.96. The van der Waals surface area contributed by atoms with E-state index >= 15 is 0 Å². The zero-order chi connectivity index (χ0) is 18.5. The summed E-state index contributed by atoms with van der Waals surface area (Å²) >= 11 is 0. The first kappa shape index (κ1) is 18.1. The second kappa shape index (κ2) is 8.09. The average molecular weight is 350 g/mol. The summed E-state index contributed by atoms with van der Waals surface area (Å²) in [5.74, 6) is 1.19. The Hall–Kier alpha value is -2.75. The number of carbonyl (C=O) groups excluding carboxylic acids is 1. The molecule has 0 radical (unpaired) electrons. The number of aromatic nitrogens is 1. The molecule has 1 atom stereocenters. The molecule has 1 N–H and O–H groups in total. The normalized spacial score (nSPS) is 12.1. The van der Waals surface area contributed by atoms with Crippen LogP contribution in [0.1, 0.15) is 52.3 Å². The molecule has 1 amide bonds. The largest absolute Gasteiger partial charge is 0.467 e. The smallest absolute Gasteiger partial charge is 0.253 e. The number of hydrogen-bond acceptors (Lipinski definition) is 2. The molecule has 4 heteroatoms. The van der Waals surface area contributed by atoms with E-state index in [1.165, 1.54) is 5.56 Å². The molecule has 26 heavy (non-hydrogen) atoms. The first-order chi connectivity index (χ1) is 12.6. The third-order valence-electron chi connectivity index (χ3n) is 4.99. The molecular weight excluding hydrogens is 324 g/mol. The molecule has 1 unspecified atom stereocenters. The number of rotatable bonds is 7. The Morgan fingerprint density at radius 1 is 1.15 bits per heavy atom. The minimum absolute atomic E-state index is 0.0156. The molecule has 4 nitrogen and oxygen atoms in total. The van der Waals surface area contributed by atoms with Crippen molar-refractivity contribution < 1.29 is 9.21 Å². The SMILES string of the molecule is CCC(CNC(=O)c1cc(C)n(Cc2ccco2)c1C)c1ccccc1. The van der Waals surface area contributed by atoms with E-state index in [1.54, 1.807) is 6.26 Å². The monoisotopic (exact) mass is 350 g/mol. The van der Waals surface area contributed by atoms with Gasteiger partial charge in [-0.25, -0.2) is 0 Å². The van der Waals surface area contributed by atoms with Gasteiger partial charge in [0.1, 0.15) is 5.76 Å². The van der Waals surface area contributed by atoms with E-state index in [9.17, 15) is 4.79 Å². The number of aryl methyl sites for hydroxylation is 1. The highest BCUT2D eigenvalue weighted by molar-refractivity contribution is 5.95. The Morgan fingerprint density at radius 2 is 1.92 bits per heavy atom. The first-order valence-corrected chi connectivity index (χ1v) is 9.12. The van der Waals surface area contributed by atoms with Gasteiger partial charge in [0.25, 0.3) is 5.91 Å². The molecule has 2 heterocycles. The van der Waals surface area contributed by atoms with Crippen LogP contribution in [-0.4, -0.2) is 17.0 Å². The summed E-state index contributed by atoms with van der Waals surface area (Å²) in [6.07, 6.45) is 2.66. The van der Waals surface area contributed by atoms with Crippen molar-refractivity contribution in [1.82, 2.24) is 9.88 Å². The van der Waals surface area contributed by atoms with Crippen molar-refractivity contribution in [2.75, 3.05) is 6.54 Å². The predicted molar refractivity (Wildman–Crippen MR) is 104 cm³/mol. The van der Waals surface area contributed by atoms with Crippen molar-refractivity contribution in [3.63, 3.8) is 0 Å². The molecule has 2 aromatic heterocycles. The quantitative estimate of drug-likeness (QED) is 0.673. The summed E-state index contributed by atoms with van der Waals surface area (Å²) in [5.41, 5.74) is 4.01. The molecule has 3 rings (SSSR count). The topological polar surface area (TPSA) is 47.2 Å². The number of carbonyl (C=O) groups is 1. The molecule has 136 valence electrons. The van der Waals surface area contributed by atoms with Crippen molar-refractivity contribution >= 4 is 5.91 Å². The number of nitrogens with one attached hydrogen (secondary N) is 1. The lowest BCUT2D eigenvalue weighted by Crippen LogP contribution is -2.28. The number of hydrogen-bond donors (Lipinski definition) is 1. The van der Waals surface area contributed by atoms with E-state index in [1.807, 2.05) is 50.2 Å².